The van der Waals surface area contributed by atoms with Crippen molar-refractivity contribution >= 4 is 5.57 Å². The predicted octanol–water partition coefficient (Wildman–Crippen LogP) is 4.77. The Bertz CT molecular complexity index is 1140. The van der Waals surface area contributed by atoms with E-state index in [1.165, 1.54) is 5.56 Å². The van der Waals surface area contributed by atoms with E-state index < -0.39 is 5.60 Å². The van der Waals surface area contributed by atoms with Gasteiger partial charge in [0.2, 0.25) is 5.69 Å². The van der Waals surface area contributed by atoms with Crippen LogP contribution in [0.4, 0.5) is 0 Å². The first-order valence-electron chi connectivity index (χ1n) is 9.13. The molecule has 0 atom stereocenters. The minimum Gasteiger partial charge on any atom is -0.618 e. The Labute approximate surface area is 164 Å². The number of pyridine rings is 1. The van der Waals surface area contributed by atoms with Crippen molar-refractivity contribution in [2.24, 2.45) is 0 Å². The third kappa shape index (κ3) is 3.23. The van der Waals surface area contributed by atoms with Crippen molar-refractivity contribution < 1.29 is 9.47 Å². The normalized spacial score (nSPS) is 14.4. The van der Waals surface area contributed by atoms with Gasteiger partial charge in [0.05, 0.1) is 17.2 Å². The summed E-state index contributed by atoms with van der Waals surface area (Å²) in [5, 5.41) is 22.2. The fourth-order valence-electron chi connectivity index (χ4n) is 3.46. The first-order valence-corrected chi connectivity index (χ1v) is 9.13. The molecule has 0 saturated heterocycles. The number of hydrogen-bond acceptors (Lipinski definition) is 3. The lowest BCUT2D eigenvalue weighted by atomic mass is 9.91. The van der Waals surface area contributed by atoms with E-state index in [4.69, 9.17) is 4.74 Å². The van der Waals surface area contributed by atoms with E-state index in [0.29, 0.717) is 17.0 Å². The summed E-state index contributed by atoms with van der Waals surface area (Å²) >= 11 is 0. The fraction of sp³-hybridized carbons (Fsp3) is 0.167. The fourth-order valence-corrected chi connectivity index (χ4v) is 3.46. The number of rotatable bonds is 2. The zero-order valence-corrected chi connectivity index (χ0v) is 16.1. The lowest BCUT2D eigenvalue weighted by molar-refractivity contribution is -0.607. The summed E-state index contributed by atoms with van der Waals surface area (Å²) in [7, 11) is 0. The second-order valence-corrected chi connectivity index (χ2v) is 7.58. The number of aromatic nitrogens is 1. The SMILES string of the molecule is Cc1ccc(-c2ccc(C3=CC(C)(C)Oc4ccc(C#N)cc43)[n+]([O-])c2)cc1. The molecular weight excluding hydrogens is 348 g/mol. The lowest BCUT2D eigenvalue weighted by Crippen LogP contribution is -2.35. The van der Waals surface area contributed by atoms with Crippen molar-refractivity contribution in [1.82, 2.24) is 0 Å². The molecule has 4 nitrogen and oxygen atoms in total. The van der Waals surface area contributed by atoms with Crippen molar-refractivity contribution in [3.63, 3.8) is 0 Å². The molecule has 2 heterocycles. The summed E-state index contributed by atoms with van der Waals surface area (Å²) in [5.74, 6) is 0.670. The van der Waals surface area contributed by atoms with E-state index >= 15 is 0 Å². The minimum absolute atomic E-state index is 0.529. The molecule has 1 aromatic heterocycles. The largest absolute Gasteiger partial charge is 0.618 e. The first kappa shape index (κ1) is 17.8. The molecule has 0 radical (unpaired) electrons. The van der Waals surface area contributed by atoms with Crippen LogP contribution in [0.2, 0.25) is 0 Å². The molecule has 3 aromatic rings. The van der Waals surface area contributed by atoms with Crippen LogP contribution in [0.25, 0.3) is 16.7 Å². The predicted molar refractivity (Wildman–Crippen MR) is 109 cm³/mol. The van der Waals surface area contributed by atoms with Crippen LogP contribution in [0, 0.1) is 23.5 Å². The van der Waals surface area contributed by atoms with Gasteiger partial charge in [-0.05, 0) is 56.7 Å². The van der Waals surface area contributed by atoms with Crippen LogP contribution in [-0.2, 0) is 0 Å². The molecule has 0 unspecified atom stereocenters. The molecule has 28 heavy (non-hydrogen) atoms. The van der Waals surface area contributed by atoms with Gasteiger partial charge in [-0.15, -0.1) is 0 Å². The number of fused-ring (bicyclic) bond motifs is 1. The molecule has 0 bridgehead atoms. The molecule has 0 saturated carbocycles. The number of ether oxygens (including phenoxy) is 1. The van der Waals surface area contributed by atoms with E-state index in [1.54, 1.807) is 24.4 Å². The van der Waals surface area contributed by atoms with Crippen LogP contribution in [-0.4, -0.2) is 5.60 Å². The summed E-state index contributed by atoms with van der Waals surface area (Å²) in [6.45, 7) is 5.93. The zero-order valence-electron chi connectivity index (χ0n) is 16.1. The Morgan fingerprint density at radius 2 is 1.71 bits per heavy atom. The molecule has 1 aliphatic heterocycles. The summed E-state index contributed by atoms with van der Waals surface area (Å²) in [6.07, 6.45) is 3.53. The Hall–Kier alpha value is -3.58. The Morgan fingerprint density at radius 1 is 1.00 bits per heavy atom. The molecule has 138 valence electrons. The van der Waals surface area contributed by atoms with Crippen LogP contribution in [0.3, 0.4) is 0 Å². The van der Waals surface area contributed by atoms with Crippen molar-refractivity contribution in [3.8, 4) is 22.9 Å². The summed E-state index contributed by atoms with van der Waals surface area (Å²) in [5.41, 5.74) is 5.06. The molecular formula is C24H20N2O2. The maximum absolute atomic E-state index is 12.9. The van der Waals surface area contributed by atoms with Crippen LogP contribution >= 0.6 is 0 Å². The van der Waals surface area contributed by atoms with Crippen molar-refractivity contribution in [2.45, 2.75) is 26.4 Å². The Balaban J connectivity index is 1.83. The van der Waals surface area contributed by atoms with Gasteiger partial charge in [0.25, 0.3) is 0 Å². The van der Waals surface area contributed by atoms with Gasteiger partial charge in [0, 0.05) is 17.2 Å². The van der Waals surface area contributed by atoms with Gasteiger partial charge in [0.1, 0.15) is 11.4 Å². The number of nitrogens with zero attached hydrogens (tertiary/aromatic N) is 2. The Kier molecular flexibility index (Phi) is 4.16. The molecule has 0 N–H and O–H groups in total. The molecule has 2 aromatic carbocycles. The van der Waals surface area contributed by atoms with Crippen molar-refractivity contribution in [3.05, 3.63) is 94.5 Å². The molecule has 4 rings (SSSR count). The highest BCUT2D eigenvalue weighted by Gasteiger charge is 2.30. The van der Waals surface area contributed by atoms with Crippen LogP contribution in [0.1, 0.15) is 36.2 Å². The van der Waals surface area contributed by atoms with Gasteiger partial charge in [-0.25, -0.2) is 0 Å². The Morgan fingerprint density at radius 3 is 2.39 bits per heavy atom. The monoisotopic (exact) mass is 368 g/mol. The van der Waals surface area contributed by atoms with E-state index in [0.717, 1.165) is 27.0 Å². The van der Waals surface area contributed by atoms with E-state index in [2.05, 4.69) is 6.07 Å². The zero-order chi connectivity index (χ0) is 19.9. The number of aryl methyl sites for hydroxylation is 1. The topological polar surface area (TPSA) is 60.0 Å². The highest BCUT2D eigenvalue weighted by atomic mass is 16.5. The molecule has 1 aliphatic rings. The van der Waals surface area contributed by atoms with Gasteiger partial charge in [-0.1, -0.05) is 29.8 Å². The van der Waals surface area contributed by atoms with E-state index in [1.807, 2.05) is 63.2 Å². The van der Waals surface area contributed by atoms with Crippen molar-refractivity contribution in [2.75, 3.05) is 0 Å². The van der Waals surface area contributed by atoms with Gasteiger partial charge >= 0.3 is 0 Å². The number of hydrogen-bond donors (Lipinski definition) is 0. The average molecular weight is 368 g/mol. The minimum atomic E-state index is -0.556. The summed E-state index contributed by atoms with van der Waals surface area (Å²) < 4.78 is 6.91. The maximum atomic E-state index is 12.9. The van der Waals surface area contributed by atoms with Crippen LogP contribution in [0.15, 0.2) is 66.9 Å². The van der Waals surface area contributed by atoms with E-state index in [-0.39, 0.29) is 0 Å². The average Bonchev–Trinajstić information content (AvgIpc) is 2.67. The quantitative estimate of drug-likeness (QED) is 0.483. The smallest absolute Gasteiger partial charge is 0.224 e. The highest BCUT2D eigenvalue weighted by Crippen LogP contribution is 2.39. The summed E-state index contributed by atoms with van der Waals surface area (Å²) in [6, 6.07) is 19.3. The number of benzene rings is 2. The maximum Gasteiger partial charge on any atom is 0.224 e. The highest BCUT2D eigenvalue weighted by molar-refractivity contribution is 5.83. The van der Waals surface area contributed by atoms with Crippen molar-refractivity contribution in [1.29, 1.82) is 5.26 Å². The van der Waals surface area contributed by atoms with E-state index in [9.17, 15) is 10.5 Å². The second kappa shape index (κ2) is 6.54. The third-order valence-electron chi connectivity index (χ3n) is 4.84. The molecule has 0 spiro atoms. The van der Waals surface area contributed by atoms with Crippen LogP contribution in [0.5, 0.6) is 5.75 Å². The van der Waals surface area contributed by atoms with Gasteiger partial charge < -0.3 is 9.94 Å². The molecule has 0 amide bonds. The first-order chi connectivity index (χ1) is 13.4. The lowest BCUT2D eigenvalue weighted by Gasteiger charge is -2.30. The third-order valence-corrected chi connectivity index (χ3v) is 4.84. The molecule has 0 aliphatic carbocycles. The van der Waals surface area contributed by atoms with Crippen LogP contribution < -0.4 is 9.47 Å². The standard InChI is InChI=1S/C24H20N2O2/c1-16-4-7-18(8-5-16)19-9-10-22(26(27)15-19)21-13-24(2,3)28-23-11-6-17(14-25)12-20(21)23/h4-13,15H,1-3H3. The molecule has 4 heteroatoms. The summed E-state index contributed by atoms with van der Waals surface area (Å²) in [4.78, 5) is 0. The second-order valence-electron chi connectivity index (χ2n) is 7.58. The van der Waals surface area contributed by atoms with Gasteiger partial charge in [-0.2, -0.15) is 9.99 Å². The number of nitriles is 1. The molecule has 0 fully saturated rings. The van der Waals surface area contributed by atoms with Gasteiger partial charge in [0.15, 0.2) is 6.20 Å². The van der Waals surface area contributed by atoms with Gasteiger partial charge in [-0.3, -0.25) is 0 Å².